The van der Waals surface area contributed by atoms with Crippen LogP contribution in [0.15, 0.2) is 0 Å². The first-order valence-electron chi connectivity index (χ1n) is 4.66. The second-order valence-corrected chi connectivity index (χ2v) is 15.5. The number of hydrogen-bond donors (Lipinski definition) is 0. The molecule has 0 unspecified atom stereocenters. The lowest BCUT2D eigenvalue weighted by molar-refractivity contribution is 0.491. The standard InChI is InChI=1S/C9H24OSi2/c1-9(2,3)12(7,8)10-11(4,5)6/h1-8H3. The molecule has 0 aromatic heterocycles. The van der Waals surface area contributed by atoms with Crippen molar-refractivity contribution in [3.63, 3.8) is 0 Å². The van der Waals surface area contributed by atoms with Gasteiger partial charge in [-0.05, 0) is 37.8 Å². The van der Waals surface area contributed by atoms with Crippen molar-refractivity contribution in [3.8, 4) is 0 Å². The van der Waals surface area contributed by atoms with Gasteiger partial charge < -0.3 is 4.12 Å². The van der Waals surface area contributed by atoms with Crippen molar-refractivity contribution in [2.45, 2.75) is 58.5 Å². The molecule has 0 saturated heterocycles. The molecule has 0 radical (unpaired) electrons. The van der Waals surface area contributed by atoms with Crippen LogP contribution >= 0.6 is 0 Å². The third-order valence-corrected chi connectivity index (χ3v) is 10.5. The van der Waals surface area contributed by atoms with E-state index >= 15 is 0 Å². The molecule has 3 heteroatoms. The molecule has 0 aromatic carbocycles. The van der Waals surface area contributed by atoms with Crippen molar-refractivity contribution in [2.75, 3.05) is 0 Å². The normalized spacial score (nSPS) is 15.0. The highest BCUT2D eigenvalue weighted by Crippen LogP contribution is 2.38. The van der Waals surface area contributed by atoms with Crippen LogP contribution in [0.5, 0.6) is 0 Å². The van der Waals surface area contributed by atoms with Crippen LogP contribution in [0.25, 0.3) is 0 Å². The lowest BCUT2D eigenvalue weighted by Gasteiger charge is -2.41. The fourth-order valence-corrected chi connectivity index (χ4v) is 8.27. The highest BCUT2D eigenvalue weighted by Gasteiger charge is 2.40. The molecule has 12 heavy (non-hydrogen) atoms. The average Bonchev–Trinajstić information content (AvgIpc) is 1.52. The summed E-state index contributed by atoms with van der Waals surface area (Å²) < 4.78 is 6.27. The van der Waals surface area contributed by atoms with E-state index in [2.05, 4.69) is 53.5 Å². The van der Waals surface area contributed by atoms with Gasteiger partial charge in [-0.3, -0.25) is 0 Å². The minimum absolute atomic E-state index is 0.354. The molecule has 0 aromatic rings. The maximum absolute atomic E-state index is 6.27. The van der Waals surface area contributed by atoms with Gasteiger partial charge in [0.1, 0.15) is 0 Å². The summed E-state index contributed by atoms with van der Waals surface area (Å²) in [5.41, 5.74) is 0. The molecule has 0 amide bonds. The lowest BCUT2D eigenvalue weighted by Crippen LogP contribution is -2.48. The van der Waals surface area contributed by atoms with Crippen LogP contribution < -0.4 is 0 Å². The molecule has 0 aliphatic carbocycles. The third kappa shape index (κ3) is 3.87. The van der Waals surface area contributed by atoms with Crippen LogP contribution in [0.4, 0.5) is 0 Å². The Morgan fingerprint density at radius 2 is 1.17 bits per heavy atom. The Morgan fingerprint density at radius 1 is 0.833 bits per heavy atom. The van der Waals surface area contributed by atoms with Crippen molar-refractivity contribution in [1.29, 1.82) is 0 Å². The van der Waals surface area contributed by atoms with Gasteiger partial charge in [-0.25, -0.2) is 0 Å². The Labute approximate surface area is 79.8 Å². The predicted molar refractivity (Wildman–Crippen MR) is 61.6 cm³/mol. The molecule has 0 N–H and O–H groups in total. The van der Waals surface area contributed by atoms with Gasteiger partial charge in [0, 0.05) is 0 Å². The number of hydrogen-bond acceptors (Lipinski definition) is 1. The average molecular weight is 204 g/mol. The van der Waals surface area contributed by atoms with Gasteiger partial charge in [-0.1, -0.05) is 20.8 Å². The Balaban J connectivity index is 4.44. The summed E-state index contributed by atoms with van der Waals surface area (Å²) in [6.07, 6.45) is 0. The van der Waals surface area contributed by atoms with Gasteiger partial charge >= 0.3 is 0 Å². The summed E-state index contributed by atoms with van der Waals surface area (Å²) in [4.78, 5) is 0. The largest absolute Gasteiger partial charge is 0.455 e. The molecule has 0 fully saturated rings. The molecule has 0 saturated carbocycles. The van der Waals surface area contributed by atoms with Crippen molar-refractivity contribution in [2.24, 2.45) is 0 Å². The van der Waals surface area contributed by atoms with Crippen LogP contribution in [0, 0.1) is 0 Å². The Hall–Kier alpha value is 0.394. The van der Waals surface area contributed by atoms with Crippen molar-refractivity contribution < 1.29 is 4.12 Å². The second-order valence-electron chi connectivity index (χ2n) is 5.97. The minimum atomic E-state index is -1.48. The molecule has 0 aliphatic rings. The second kappa shape index (κ2) is 3.27. The van der Waals surface area contributed by atoms with Gasteiger partial charge in [0.2, 0.25) is 0 Å². The first kappa shape index (κ1) is 12.4. The van der Waals surface area contributed by atoms with Crippen LogP contribution in [-0.2, 0) is 4.12 Å². The summed E-state index contributed by atoms with van der Waals surface area (Å²) in [6, 6.07) is 0. The first-order valence-corrected chi connectivity index (χ1v) is 11.0. The third-order valence-electron chi connectivity index (χ3n) is 2.37. The van der Waals surface area contributed by atoms with Gasteiger partial charge in [-0.15, -0.1) is 0 Å². The minimum Gasteiger partial charge on any atom is -0.455 e. The van der Waals surface area contributed by atoms with E-state index in [4.69, 9.17) is 4.12 Å². The fraction of sp³-hybridized carbons (Fsp3) is 1.00. The zero-order valence-corrected chi connectivity index (χ0v) is 11.9. The van der Waals surface area contributed by atoms with Crippen molar-refractivity contribution >= 4 is 16.6 Å². The van der Waals surface area contributed by atoms with Gasteiger partial charge in [-0.2, -0.15) is 0 Å². The summed E-state index contributed by atoms with van der Waals surface area (Å²) >= 11 is 0. The summed E-state index contributed by atoms with van der Waals surface area (Å²) in [7, 11) is -2.82. The van der Waals surface area contributed by atoms with E-state index in [1.807, 2.05) is 0 Å². The molecule has 0 spiro atoms. The Kier molecular flexibility index (Phi) is 3.38. The van der Waals surface area contributed by atoms with E-state index in [1.165, 1.54) is 0 Å². The zero-order valence-electron chi connectivity index (χ0n) is 9.91. The van der Waals surface area contributed by atoms with E-state index in [-0.39, 0.29) is 0 Å². The molecular weight excluding hydrogens is 180 g/mol. The highest BCUT2D eigenvalue weighted by atomic mass is 28.4. The summed E-state index contributed by atoms with van der Waals surface area (Å²) in [5, 5.41) is 0.354. The van der Waals surface area contributed by atoms with E-state index in [1.54, 1.807) is 0 Å². The van der Waals surface area contributed by atoms with Crippen LogP contribution in [0.1, 0.15) is 20.8 Å². The SMILES string of the molecule is CC(C)(C)[Si](C)(C)O[Si](C)(C)C. The molecule has 0 aliphatic heterocycles. The van der Waals surface area contributed by atoms with Crippen LogP contribution in [-0.4, -0.2) is 16.6 Å². The van der Waals surface area contributed by atoms with E-state index in [0.29, 0.717) is 5.04 Å². The molecule has 1 nitrogen and oxygen atoms in total. The van der Waals surface area contributed by atoms with E-state index < -0.39 is 16.6 Å². The smallest absolute Gasteiger partial charge is 0.178 e. The van der Waals surface area contributed by atoms with Gasteiger partial charge in [0.25, 0.3) is 0 Å². The van der Waals surface area contributed by atoms with Gasteiger partial charge in [0.05, 0.1) is 0 Å². The van der Waals surface area contributed by atoms with E-state index in [0.717, 1.165) is 0 Å². The predicted octanol–water partition coefficient (Wildman–Crippen LogP) is 3.84. The molecule has 0 heterocycles. The number of rotatable bonds is 2. The molecule has 0 atom stereocenters. The Bertz CT molecular complexity index is 151. The molecule has 0 bridgehead atoms. The summed E-state index contributed by atoms with van der Waals surface area (Å²) in [6.45, 7) is 18.3. The van der Waals surface area contributed by atoms with Crippen LogP contribution in [0.3, 0.4) is 0 Å². The zero-order chi connectivity index (χ0) is 10.2. The van der Waals surface area contributed by atoms with Crippen molar-refractivity contribution in [3.05, 3.63) is 0 Å². The maximum Gasteiger partial charge on any atom is 0.178 e. The van der Waals surface area contributed by atoms with Crippen molar-refractivity contribution in [1.82, 2.24) is 0 Å². The summed E-state index contributed by atoms with van der Waals surface area (Å²) in [5.74, 6) is 0. The maximum atomic E-state index is 6.27. The Morgan fingerprint density at radius 3 is 1.25 bits per heavy atom. The fourth-order valence-electron chi connectivity index (χ4n) is 0.919. The quantitative estimate of drug-likeness (QED) is 0.621. The topological polar surface area (TPSA) is 9.23 Å². The van der Waals surface area contributed by atoms with Crippen LogP contribution in [0.2, 0.25) is 37.8 Å². The lowest BCUT2D eigenvalue weighted by atomic mass is 10.2. The van der Waals surface area contributed by atoms with E-state index in [9.17, 15) is 0 Å². The van der Waals surface area contributed by atoms with Gasteiger partial charge in [0.15, 0.2) is 16.6 Å². The molecule has 74 valence electrons. The first-order chi connectivity index (χ1) is 4.96. The molecule has 0 rings (SSSR count). The molecular formula is C9H24OSi2. The highest BCUT2D eigenvalue weighted by molar-refractivity contribution is 6.85. The monoisotopic (exact) mass is 204 g/mol.